The van der Waals surface area contributed by atoms with Gasteiger partial charge >= 0.3 is 0 Å². The molecular formula is C18H13N5OS2. The van der Waals surface area contributed by atoms with Crippen molar-refractivity contribution in [3.8, 4) is 22.5 Å². The topological polar surface area (TPSA) is 80.5 Å². The highest BCUT2D eigenvalue weighted by Crippen LogP contribution is 2.30. The average Bonchev–Trinajstić information content (AvgIpc) is 3.40. The minimum Gasteiger partial charge on any atom is -0.410 e. The molecule has 0 radical (unpaired) electrons. The van der Waals surface area contributed by atoms with Gasteiger partial charge < -0.3 is 4.42 Å². The number of benzene rings is 1. The van der Waals surface area contributed by atoms with Gasteiger partial charge in [-0.15, -0.1) is 21.5 Å². The van der Waals surface area contributed by atoms with Crippen LogP contribution in [0.15, 0.2) is 57.5 Å². The zero-order valence-corrected chi connectivity index (χ0v) is 15.4. The number of rotatable bonds is 5. The molecule has 0 saturated carbocycles. The molecule has 8 heteroatoms. The number of thioether (sulfide) groups is 1. The van der Waals surface area contributed by atoms with Crippen molar-refractivity contribution in [2.24, 2.45) is 0 Å². The molecule has 0 fully saturated rings. The summed E-state index contributed by atoms with van der Waals surface area (Å²) in [6.07, 6.45) is 0. The predicted molar refractivity (Wildman–Crippen MR) is 100 cm³/mol. The fourth-order valence-electron chi connectivity index (χ4n) is 2.53. The van der Waals surface area contributed by atoms with E-state index in [9.17, 15) is 5.26 Å². The monoisotopic (exact) mass is 379 g/mol. The lowest BCUT2D eigenvalue weighted by Gasteiger charge is -2.06. The van der Waals surface area contributed by atoms with Crippen LogP contribution in [0.3, 0.4) is 0 Å². The molecule has 3 heterocycles. The Morgan fingerprint density at radius 1 is 1.19 bits per heavy atom. The first-order valence-electron chi connectivity index (χ1n) is 7.80. The van der Waals surface area contributed by atoms with Gasteiger partial charge in [0.15, 0.2) is 0 Å². The Kier molecular flexibility index (Phi) is 4.56. The third kappa shape index (κ3) is 3.14. The van der Waals surface area contributed by atoms with Gasteiger partial charge in [-0.3, -0.25) is 0 Å². The first-order valence-corrected chi connectivity index (χ1v) is 9.67. The number of hydrogen-bond donors (Lipinski definition) is 0. The largest absolute Gasteiger partial charge is 0.410 e. The van der Waals surface area contributed by atoms with Crippen molar-refractivity contribution >= 4 is 23.1 Å². The Morgan fingerprint density at radius 3 is 2.77 bits per heavy atom. The second kappa shape index (κ2) is 7.15. The summed E-state index contributed by atoms with van der Waals surface area (Å²) >= 11 is 2.95. The van der Waals surface area contributed by atoms with Crippen LogP contribution in [0, 0.1) is 18.3 Å². The molecule has 26 heavy (non-hydrogen) atoms. The minimum absolute atomic E-state index is 0.468. The van der Waals surface area contributed by atoms with Gasteiger partial charge in [0.1, 0.15) is 6.07 Å². The third-order valence-corrected chi connectivity index (χ3v) is 5.43. The van der Waals surface area contributed by atoms with E-state index in [1.54, 1.807) is 16.0 Å². The number of aryl methyl sites for hydroxylation is 1. The highest BCUT2D eigenvalue weighted by atomic mass is 32.2. The molecule has 1 aromatic carbocycles. The third-order valence-electron chi connectivity index (χ3n) is 3.74. The molecule has 4 rings (SSSR count). The van der Waals surface area contributed by atoms with Crippen molar-refractivity contribution in [1.82, 2.24) is 20.0 Å². The van der Waals surface area contributed by atoms with E-state index in [4.69, 9.17) is 4.42 Å². The highest BCUT2D eigenvalue weighted by Gasteiger charge is 2.18. The van der Waals surface area contributed by atoms with Crippen LogP contribution in [0.5, 0.6) is 0 Å². The van der Waals surface area contributed by atoms with Crippen molar-refractivity contribution in [3.05, 3.63) is 64.8 Å². The van der Waals surface area contributed by atoms with Crippen LogP contribution >= 0.6 is 23.1 Å². The van der Waals surface area contributed by atoms with Crippen molar-refractivity contribution in [2.75, 3.05) is 0 Å². The van der Waals surface area contributed by atoms with Crippen LogP contribution in [0.4, 0.5) is 0 Å². The molecule has 128 valence electrons. The predicted octanol–water partition coefficient (Wildman–Crippen LogP) is 4.46. The highest BCUT2D eigenvalue weighted by molar-refractivity contribution is 7.98. The standard InChI is InChI=1S/C18H13N5OS2/c1-12-14(10-19)15(23(22-12)13-6-3-2-4-7-13)11-26-18-21-20-17(24-18)16-8-5-9-25-16/h2-9H,11H2,1H3. The van der Waals surface area contributed by atoms with Gasteiger partial charge in [0, 0.05) is 5.75 Å². The first kappa shape index (κ1) is 16.6. The second-order valence-corrected chi connectivity index (χ2v) is 7.28. The van der Waals surface area contributed by atoms with Crippen LogP contribution in [-0.4, -0.2) is 20.0 Å². The van der Waals surface area contributed by atoms with Gasteiger partial charge in [-0.25, -0.2) is 4.68 Å². The van der Waals surface area contributed by atoms with Crippen LogP contribution < -0.4 is 0 Å². The maximum atomic E-state index is 9.52. The summed E-state index contributed by atoms with van der Waals surface area (Å²) in [5.74, 6) is 1.01. The fourth-order valence-corrected chi connectivity index (χ4v) is 3.94. The lowest BCUT2D eigenvalue weighted by atomic mass is 10.2. The average molecular weight is 379 g/mol. The molecule has 0 bridgehead atoms. The Morgan fingerprint density at radius 2 is 2.04 bits per heavy atom. The van der Waals surface area contributed by atoms with Gasteiger partial charge in [0.25, 0.3) is 11.1 Å². The van der Waals surface area contributed by atoms with E-state index in [1.807, 2.05) is 54.8 Å². The number of nitriles is 1. The molecule has 4 aromatic rings. The van der Waals surface area contributed by atoms with E-state index in [0.29, 0.717) is 28.1 Å². The van der Waals surface area contributed by atoms with E-state index in [1.165, 1.54) is 11.8 Å². The Hall–Kier alpha value is -2.89. The molecule has 6 nitrogen and oxygen atoms in total. The lowest BCUT2D eigenvalue weighted by Crippen LogP contribution is -2.02. The summed E-state index contributed by atoms with van der Waals surface area (Å²) in [6.45, 7) is 1.84. The van der Waals surface area contributed by atoms with E-state index in [2.05, 4.69) is 21.4 Å². The van der Waals surface area contributed by atoms with Crippen LogP contribution in [-0.2, 0) is 5.75 Å². The Labute approximate surface area is 158 Å². The SMILES string of the molecule is Cc1nn(-c2ccccc2)c(CSc2nnc(-c3cccs3)o2)c1C#N. The van der Waals surface area contributed by atoms with Gasteiger partial charge in [0.05, 0.1) is 27.5 Å². The maximum absolute atomic E-state index is 9.52. The minimum atomic E-state index is 0.468. The Balaban J connectivity index is 1.61. The number of nitrogens with zero attached hydrogens (tertiary/aromatic N) is 5. The molecule has 0 unspecified atom stereocenters. The summed E-state index contributed by atoms with van der Waals surface area (Å²) in [5, 5.41) is 24.7. The van der Waals surface area contributed by atoms with E-state index in [0.717, 1.165) is 16.3 Å². The summed E-state index contributed by atoms with van der Waals surface area (Å²) in [5.41, 5.74) is 3.02. The van der Waals surface area contributed by atoms with Crippen molar-refractivity contribution in [3.63, 3.8) is 0 Å². The quantitative estimate of drug-likeness (QED) is 0.476. The molecule has 0 N–H and O–H groups in total. The summed E-state index contributed by atoms with van der Waals surface area (Å²) < 4.78 is 7.52. The molecule has 0 aliphatic rings. The Bertz CT molecular complexity index is 1060. The van der Waals surface area contributed by atoms with Gasteiger partial charge in [-0.2, -0.15) is 10.4 Å². The fraction of sp³-hybridized carbons (Fsp3) is 0.111. The number of thiophene rings is 1. The normalized spacial score (nSPS) is 10.8. The summed E-state index contributed by atoms with van der Waals surface area (Å²) in [4.78, 5) is 0.937. The zero-order chi connectivity index (χ0) is 17.9. The molecule has 0 aliphatic heterocycles. The zero-order valence-electron chi connectivity index (χ0n) is 13.8. The second-order valence-electron chi connectivity index (χ2n) is 5.41. The number of para-hydroxylation sites is 1. The summed E-state index contributed by atoms with van der Waals surface area (Å²) in [6, 6.07) is 15.9. The van der Waals surface area contributed by atoms with Crippen molar-refractivity contribution < 1.29 is 4.42 Å². The maximum Gasteiger partial charge on any atom is 0.277 e. The van der Waals surface area contributed by atoms with Gasteiger partial charge in [0.2, 0.25) is 0 Å². The molecule has 0 atom stereocenters. The molecular weight excluding hydrogens is 366 g/mol. The molecule has 0 aliphatic carbocycles. The molecule has 3 aromatic heterocycles. The van der Waals surface area contributed by atoms with Crippen LogP contribution in [0.1, 0.15) is 17.0 Å². The number of hydrogen-bond acceptors (Lipinski definition) is 7. The molecule has 0 saturated heterocycles. The van der Waals surface area contributed by atoms with Gasteiger partial charge in [-0.1, -0.05) is 36.0 Å². The smallest absolute Gasteiger partial charge is 0.277 e. The number of aromatic nitrogens is 4. The van der Waals surface area contributed by atoms with Crippen molar-refractivity contribution in [1.29, 1.82) is 5.26 Å². The molecule has 0 amide bonds. The first-order chi connectivity index (χ1) is 12.8. The molecule has 0 spiro atoms. The lowest BCUT2D eigenvalue weighted by molar-refractivity contribution is 0.466. The van der Waals surface area contributed by atoms with E-state index >= 15 is 0 Å². The van der Waals surface area contributed by atoms with Crippen LogP contribution in [0.2, 0.25) is 0 Å². The van der Waals surface area contributed by atoms with E-state index in [-0.39, 0.29) is 0 Å². The van der Waals surface area contributed by atoms with Crippen LogP contribution in [0.25, 0.3) is 16.5 Å². The summed E-state index contributed by atoms with van der Waals surface area (Å²) in [7, 11) is 0. The van der Waals surface area contributed by atoms with Gasteiger partial charge in [-0.05, 0) is 30.5 Å². The van der Waals surface area contributed by atoms with Crippen molar-refractivity contribution in [2.45, 2.75) is 17.9 Å². The van der Waals surface area contributed by atoms with E-state index < -0.39 is 0 Å².